The predicted molar refractivity (Wildman–Crippen MR) is 80.5 cm³/mol. The molecule has 1 aromatic rings. The third kappa shape index (κ3) is 6.40. The smallest absolute Gasteiger partial charge is 0.239 e. The minimum Gasteiger partial charge on any atom is -0.355 e. The van der Waals surface area contributed by atoms with Gasteiger partial charge in [-0.25, -0.2) is 0 Å². The number of nitrogens with one attached hydrogen (secondary N) is 1. The van der Waals surface area contributed by atoms with Crippen LogP contribution in [0.15, 0.2) is 12.4 Å². The Bertz CT molecular complexity index is 472. The summed E-state index contributed by atoms with van der Waals surface area (Å²) in [6.45, 7) is 3.64. The average Bonchev–Trinajstić information content (AvgIpc) is 2.81. The molecule has 118 valence electrons. The SMILES string of the molecule is CCCNC(=O)CN(C)C(=O)CN(C)Cc1cnn(C)c1. The van der Waals surface area contributed by atoms with Crippen LogP contribution in [0.2, 0.25) is 0 Å². The summed E-state index contributed by atoms with van der Waals surface area (Å²) in [5.74, 6) is -0.198. The van der Waals surface area contributed by atoms with E-state index in [0.29, 0.717) is 13.1 Å². The molecule has 1 aromatic heterocycles. The maximum absolute atomic E-state index is 12.0. The van der Waals surface area contributed by atoms with E-state index in [-0.39, 0.29) is 24.9 Å². The van der Waals surface area contributed by atoms with Crippen molar-refractivity contribution in [2.24, 2.45) is 7.05 Å². The lowest BCUT2D eigenvalue weighted by Crippen LogP contribution is -2.42. The van der Waals surface area contributed by atoms with E-state index in [1.165, 1.54) is 4.90 Å². The van der Waals surface area contributed by atoms with Gasteiger partial charge in [0.05, 0.1) is 19.3 Å². The molecule has 1 heterocycles. The van der Waals surface area contributed by atoms with Crippen molar-refractivity contribution in [2.45, 2.75) is 19.9 Å². The van der Waals surface area contributed by atoms with E-state index >= 15 is 0 Å². The first-order valence-electron chi connectivity index (χ1n) is 7.09. The van der Waals surface area contributed by atoms with Gasteiger partial charge >= 0.3 is 0 Å². The zero-order chi connectivity index (χ0) is 15.8. The Hall–Kier alpha value is -1.89. The molecule has 0 atom stereocenters. The highest BCUT2D eigenvalue weighted by molar-refractivity contribution is 5.85. The predicted octanol–water partition coefficient (Wildman–Crippen LogP) is -0.163. The van der Waals surface area contributed by atoms with Gasteiger partial charge in [-0.15, -0.1) is 0 Å². The molecule has 0 radical (unpaired) electrons. The fourth-order valence-electron chi connectivity index (χ4n) is 1.90. The third-order valence-electron chi connectivity index (χ3n) is 2.99. The van der Waals surface area contributed by atoms with Crippen molar-refractivity contribution in [3.8, 4) is 0 Å². The number of aryl methyl sites for hydroxylation is 1. The number of carbonyl (C=O) groups is 2. The van der Waals surface area contributed by atoms with Gasteiger partial charge in [0.25, 0.3) is 0 Å². The van der Waals surface area contributed by atoms with E-state index in [2.05, 4.69) is 10.4 Å². The zero-order valence-corrected chi connectivity index (χ0v) is 13.3. The van der Waals surface area contributed by atoms with Crippen LogP contribution in [0.5, 0.6) is 0 Å². The molecule has 0 saturated heterocycles. The maximum Gasteiger partial charge on any atom is 0.239 e. The second-order valence-corrected chi connectivity index (χ2v) is 5.29. The van der Waals surface area contributed by atoms with E-state index in [0.717, 1.165) is 12.0 Å². The van der Waals surface area contributed by atoms with Gasteiger partial charge < -0.3 is 10.2 Å². The van der Waals surface area contributed by atoms with Crippen LogP contribution in [0.4, 0.5) is 0 Å². The first-order chi connectivity index (χ1) is 9.92. The molecule has 0 bridgehead atoms. The molecule has 0 aliphatic rings. The molecular weight excluding hydrogens is 270 g/mol. The van der Waals surface area contributed by atoms with E-state index in [4.69, 9.17) is 0 Å². The van der Waals surface area contributed by atoms with Crippen molar-refractivity contribution in [2.75, 3.05) is 33.7 Å². The Kier molecular flexibility index (Phi) is 6.87. The summed E-state index contributed by atoms with van der Waals surface area (Å²) < 4.78 is 1.73. The molecule has 1 N–H and O–H groups in total. The molecule has 7 heteroatoms. The number of rotatable bonds is 8. The van der Waals surface area contributed by atoms with Crippen LogP contribution in [0, 0.1) is 0 Å². The van der Waals surface area contributed by atoms with Crippen LogP contribution in [0.25, 0.3) is 0 Å². The fraction of sp³-hybridized carbons (Fsp3) is 0.643. The van der Waals surface area contributed by atoms with Crippen molar-refractivity contribution in [1.82, 2.24) is 24.9 Å². The molecule has 21 heavy (non-hydrogen) atoms. The van der Waals surface area contributed by atoms with Gasteiger partial charge in [0.1, 0.15) is 0 Å². The highest BCUT2D eigenvalue weighted by Gasteiger charge is 2.15. The Morgan fingerprint density at radius 3 is 2.62 bits per heavy atom. The van der Waals surface area contributed by atoms with E-state index in [1.54, 1.807) is 17.9 Å². The van der Waals surface area contributed by atoms with Gasteiger partial charge in [0, 0.05) is 38.9 Å². The largest absolute Gasteiger partial charge is 0.355 e. The molecule has 2 amide bonds. The van der Waals surface area contributed by atoms with Crippen LogP contribution in [-0.4, -0.2) is 65.1 Å². The molecule has 0 fully saturated rings. The lowest BCUT2D eigenvalue weighted by molar-refractivity contribution is -0.135. The lowest BCUT2D eigenvalue weighted by Gasteiger charge is -2.21. The number of carbonyl (C=O) groups excluding carboxylic acids is 2. The lowest BCUT2D eigenvalue weighted by atomic mass is 10.3. The van der Waals surface area contributed by atoms with Crippen LogP contribution < -0.4 is 5.32 Å². The first-order valence-corrected chi connectivity index (χ1v) is 7.09. The summed E-state index contributed by atoms with van der Waals surface area (Å²) >= 11 is 0. The van der Waals surface area contributed by atoms with Gasteiger partial charge in [-0.05, 0) is 13.5 Å². The second kappa shape index (κ2) is 8.41. The normalized spacial score (nSPS) is 10.7. The number of hydrogen-bond donors (Lipinski definition) is 1. The monoisotopic (exact) mass is 295 g/mol. The van der Waals surface area contributed by atoms with Crippen LogP contribution in [0.1, 0.15) is 18.9 Å². The topological polar surface area (TPSA) is 70.5 Å². The third-order valence-corrected chi connectivity index (χ3v) is 2.99. The molecule has 1 rings (SSSR count). The minimum atomic E-state index is -0.123. The van der Waals surface area contributed by atoms with Crippen molar-refractivity contribution in [1.29, 1.82) is 0 Å². The Morgan fingerprint density at radius 2 is 2.05 bits per heavy atom. The van der Waals surface area contributed by atoms with E-state index in [1.807, 2.05) is 32.1 Å². The van der Waals surface area contributed by atoms with Crippen molar-refractivity contribution < 1.29 is 9.59 Å². The summed E-state index contributed by atoms with van der Waals surface area (Å²) in [6, 6.07) is 0. The molecule has 0 unspecified atom stereocenters. The molecule has 7 nitrogen and oxygen atoms in total. The van der Waals surface area contributed by atoms with Crippen LogP contribution in [0.3, 0.4) is 0 Å². The number of nitrogens with zero attached hydrogens (tertiary/aromatic N) is 4. The second-order valence-electron chi connectivity index (χ2n) is 5.29. The summed E-state index contributed by atoms with van der Waals surface area (Å²) in [5, 5.41) is 6.85. The quantitative estimate of drug-likeness (QED) is 0.723. The maximum atomic E-state index is 12.0. The highest BCUT2D eigenvalue weighted by atomic mass is 16.2. The number of amides is 2. The standard InChI is InChI=1S/C14H25N5O2/c1-5-6-15-13(20)10-18(3)14(21)11-17(2)8-12-7-16-19(4)9-12/h7,9H,5-6,8,10-11H2,1-4H3,(H,15,20). The van der Waals surface area contributed by atoms with Crippen LogP contribution >= 0.6 is 0 Å². The summed E-state index contributed by atoms with van der Waals surface area (Å²) in [4.78, 5) is 27.0. The average molecular weight is 295 g/mol. The van der Waals surface area contributed by atoms with Crippen molar-refractivity contribution in [3.63, 3.8) is 0 Å². The Labute approximate surface area is 125 Å². The molecular formula is C14H25N5O2. The molecule has 0 aliphatic heterocycles. The van der Waals surface area contributed by atoms with Gasteiger partial charge in [0.15, 0.2) is 0 Å². The highest BCUT2D eigenvalue weighted by Crippen LogP contribution is 2.01. The van der Waals surface area contributed by atoms with Crippen molar-refractivity contribution >= 4 is 11.8 Å². The molecule has 0 aromatic carbocycles. The molecule has 0 aliphatic carbocycles. The van der Waals surface area contributed by atoms with Crippen molar-refractivity contribution in [3.05, 3.63) is 18.0 Å². The van der Waals surface area contributed by atoms with Gasteiger partial charge in [-0.3, -0.25) is 19.2 Å². The number of aromatic nitrogens is 2. The summed E-state index contributed by atoms with van der Waals surface area (Å²) in [6.07, 6.45) is 4.59. The Balaban J connectivity index is 2.35. The molecule has 0 spiro atoms. The zero-order valence-electron chi connectivity index (χ0n) is 13.3. The molecule has 0 saturated carbocycles. The fourth-order valence-corrected chi connectivity index (χ4v) is 1.90. The van der Waals surface area contributed by atoms with Gasteiger partial charge in [-0.1, -0.05) is 6.92 Å². The number of likely N-dealkylation sites (N-methyl/N-ethyl adjacent to an activating group) is 2. The van der Waals surface area contributed by atoms with E-state index in [9.17, 15) is 9.59 Å². The van der Waals surface area contributed by atoms with Crippen LogP contribution in [-0.2, 0) is 23.2 Å². The van der Waals surface area contributed by atoms with Gasteiger partial charge in [0.2, 0.25) is 11.8 Å². The summed E-state index contributed by atoms with van der Waals surface area (Å²) in [7, 11) is 5.37. The minimum absolute atomic E-state index is 0.0759. The van der Waals surface area contributed by atoms with E-state index < -0.39 is 0 Å². The Morgan fingerprint density at radius 1 is 1.33 bits per heavy atom. The summed E-state index contributed by atoms with van der Waals surface area (Å²) in [5.41, 5.74) is 1.05. The first kappa shape index (κ1) is 17.2. The number of hydrogen-bond acceptors (Lipinski definition) is 4. The van der Waals surface area contributed by atoms with Gasteiger partial charge in [-0.2, -0.15) is 5.10 Å².